The lowest BCUT2D eigenvalue weighted by atomic mass is 10.1. The Labute approximate surface area is 173 Å². The van der Waals surface area contributed by atoms with Gasteiger partial charge in [0.2, 0.25) is 0 Å². The second-order valence-corrected chi connectivity index (χ2v) is 6.86. The van der Waals surface area contributed by atoms with Gasteiger partial charge in [0.25, 0.3) is 0 Å². The van der Waals surface area contributed by atoms with Crippen LogP contribution in [0.1, 0.15) is 19.4 Å². The van der Waals surface area contributed by atoms with Crippen molar-refractivity contribution in [2.45, 2.75) is 20.5 Å². The topological polar surface area (TPSA) is 82.8 Å². The molecule has 1 aromatic heterocycles. The first-order valence-electron chi connectivity index (χ1n) is 9.12. The van der Waals surface area contributed by atoms with Gasteiger partial charge < -0.3 is 13.9 Å². The number of carbonyl (C=O) groups is 2. The van der Waals surface area contributed by atoms with Gasteiger partial charge in [0.15, 0.2) is 5.43 Å². The van der Waals surface area contributed by atoms with E-state index in [2.05, 4.69) is 13.2 Å². The Kier molecular flexibility index (Phi) is 5.97. The van der Waals surface area contributed by atoms with Crippen molar-refractivity contribution in [1.82, 2.24) is 0 Å². The van der Waals surface area contributed by atoms with Gasteiger partial charge in [-0.05, 0) is 55.8 Å². The predicted molar refractivity (Wildman–Crippen MR) is 113 cm³/mol. The Hall–Kier alpha value is -3.93. The van der Waals surface area contributed by atoms with Crippen molar-refractivity contribution < 1.29 is 23.5 Å². The van der Waals surface area contributed by atoms with Gasteiger partial charge in [0.05, 0.1) is 5.39 Å². The molecule has 0 saturated carbocycles. The zero-order chi connectivity index (χ0) is 21.8. The fourth-order valence-electron chi connectivity index (χ4n) is 2.59. The molecule has 0 N–H and O–H groups in total. The summed E-state index contributed by atoms with van der Waals surface area (Å²) in [6.45, 7) is 10.2. The molecule has 0 saturated heterocycles. The van der Waals surface area contributed by atoms with E-state index in [0.717, 1.165) is 0 Å². The maximum Gasteiger partial charge on any atom is 0.338 e. The molecule has 6 heteroatoms. The number of hydrogen-bond acceptors (Lipinski definition) is 6. The van der Waals surface area contributed by atoms with E-state index in [-0.39, 0.29) is 12.0 Å². The zero-order valence-corrected chi connectivity index (χ0v) is 16.7. The predicted octanol–water partition coefficient (Wildman–Crippen LogP) is 4.56. The molecular weight excluding hydrogens is 384 g/mol. The Morgan fingerprint density at radius 3 is 2.23 bits per heavy atom. The Morgan fingerprint density at radius 2 is 1.60 bits per heavy atom. The van der Waals surface area contributed by atoms with Gasteiger partial charge in [-0.3, -0.25) is 4.79 Å². The van der Waals surface area contributed by atoms with Crippen LogP contribution in [0, 0.1) is 0 Å². The summed E-state index contributed by atoms with van der Waals surface area (Å²) in [5.41, 5.74) is 2.11. The van der Waals surface area contributed by atoms with Crippen molar-refractivity contribution in [2.75, 3.05) is 0 Å². The summed E-state index contributed by atoms with van der Waals surface area (Å²) in [5, 5.41) is 0.384. The second-order valence-electron chi connectivity index (χ2n) is 6.86. The van der Waals surface area contributed by atoms with Crippen molar-refractivity contribution in [3.05, 3.63) is 88.6 Å². The fourth-order valence-corrected chi connectivity index (χ4v) is 2.59. The quantitative estimate of drug-likeness (QED) is 0.340. The smallest absolute Gasteiger partial charge is 0.338 e. The van der Waals surface area contributed by atoms with Crippen LogP contribution in [-0.2, 0) is 20.9 Å². The van der Waals surface area contributed by atoms with Crippen LogP contribution in [-0.4, -0.2) is 11.9 Å². The molecule has 30 heavy (non-hydrogen) atoms. The minimum atomic E-state index is -0.510. The first-order chi connectivity index (χ1) is 14.2. The van der Waals surface area contributed by atoms with Crippen LogP contribution in [0.25, 0.3) is 22.3 Å². The lowest BCUT2D eigenvalue weighted by molar-refractivity contribution is -0.140. The van der Waals surface area contributed by atoms with E-state index in [4.69, 9.17) is 13.9 Å². The largest absolute Gasteiger partial charge is 0.457 e. The third-order valence-corrected chi connectivity index (χ3v) is 4.21. The molecule has 6 nitrogen and oxygen atoms in total. The molecule has 0 bridgehead atoms. The monoisotopic (exact) mass is 404 g/mol. The summed E-state index contributed by atoms with van der Waals surface area (Å²) in [4.78, 5) is 35.7. The summed E-state index contributed by atoms with van der Waals surface area (Å²) in [6, 6.07) is 13.0. The molecule has 0 radical (unpaired) electrons. The van der Waals surface area contributed by atoms with Gasteiger partial charge in [-0.2, -0.15) is 0 Å². The van der Waals surface area contributed by atoms with Gasteiger partial charge in [-0.1, -0.05) is 19.2 Å². The second kappa shape index (κ2) is 8.61. The van der Waals surface area contributed by atoms with Gasteiger partial charge >= 0.3 is 11.9 Å². The van der Waals surface area contributed by atoms with Crippen LogP contribution in [0.15, 0.2) is 82.0 Å². The number of benzene rings is 2. The standard InChI is InChI=1S/C24H20O6/c1-14(2)23(26)28-13-16-5-10-21-19(11-16)20(25)12-22(30-21)17-6-8-18(9-7-17)29-24(27)15(3)4/h5-12H,1,3,13H2,2,4H3. The Balaban J connectivity index is 1.84. The number of rotatable bonds is 6. The molecule has 0 fully saturated rings. The molecule has 3 rings (SSSR count). The van der Waals surface area contributed by atoms with E-state index in [0.29, 0.717) is 44.8 Å². The number of fused-ring (bicyclic) bond motifs is 1. The fraction of sp³-hybridized carbons (Fsp3) is 0.125. The molecule has 0 spiro atoms. The maximum absolute atomic E-state index is 12.6. The molecule has 0 unspecified atom stereocenters. The van der Waals surface area contributed by atoms with Crippen LogP contribution in [0.5, 0.6) is 5.75 Å². The van der Waals surface area contributed by atoms with Crippen molar-refractivity contribution in [3.8, 4) is 17.1 Å². The first-order valence-corrected chi connectivity index (χ1v) is 9.12. The van der Waals surface area contributed by atoms with Crippen LogP contribution >= 0.6 is 0 Å². The number of esters is 2. The van der Waals surface area contributed by atoms with Crippen molar-refractivity contribution in [2.24, 2.45) is 0 Å². The lowest BCUT2D eigenvalue weighted by Gasteiger charge is -2.08. The summed E-state index contributed by atoms with van der Waals surface area (Å²) in [7, 11) is 0. The highest BCUT2D eigenvalue weighted by Gasteiger charge is 2.11. The summed E-state index contributed by atoms with van der Waals surface area (Å²) >= 11 is 0. The summed E-state index contributed by atoms with van der Waals surface area (Å²) in [5.74, 6) is -0.254. The van der Waals surface area contributed by atoms with Crippen molar-refractivity contribution in [1.29, 1.82) is 0 Å². The molecule has 0 aliphatic carbocycles. The number of hydrogen-bond donors (Lipinski definition) is 0. The highest BCUT2D eigenvalue weighted by atomic mass is 16.5. The molecule has 0 aliphatic heterocycles. The molecule has 3 aromatic rings. The molecule has 1 heterocycles. The highest BCUT2D eigenvalue weighted by Crippen LogP contribution is 2.25. The van der Waals surface area contributed by atoms with Crippen LogP contribution in [0.2, 0.25) is 0 Å². The van der Waals surface area contributed by atoms with E-state index >= 15 is 0 Å². The average Bonchev–Trinajstić information content (AvgIpc) is 2.72. The summed E-state index contributed by atoms with van der Waals surface area (Å²) in [6.07, 6.45) is 0. The Bertz CT molecular complexity index is 1210. The van der Waals surface area contributed by atoms with Crippen molar-refractivity contribution >= 4 is 22.9 Å². The van der Waals surface area contributed by atoms with Gasteiger partial charge in [0.1, 0.15) is 23.7 Å². The molecule has 0 atom stereocenters. The Morgan fingerprint density at radius 1 is 0.933 bits per heavy atom. The average molecular weight is 404 g/mol. The normalized spacial score (nSPS) is 10.5. The van der Waals surface area contributed by atoms with Crippen LogP contribution < -0.4 is 10.2 Å². The van der Waals surface area contributed by atoms with E-state index in [1.165, 1.54) is 6.07 Å². The van der Waals surface area contributed by atoms with Gasteiger partial charge in [-0.25, -0.2) is 9.59 Å². The minimum Gasteiger partial charge on any atom is -0.457 e. The van der Waals surface area contributed by atoms with E-state index in [1.54, 1.807) is 56.3 Å². The molecule has 0 amide bonds. The number of ether oxygens (including phenoxy) is 2. The van der Waals surface area contributed by atoms with Gasteiger partial charge in [0, 0.05) is 22.8 Å². The highest BCUT2D eigenvalue weighted by molar-refractivity contribution is 5.89. The SMILES string of the molecule is C=C(C)C(=O)OCc1ccc2oc(-c3ccc(OC(=O)C(=C)C)cc3)cc(=O)c2c1. The van der Waals surface area contributed by atoms with E-state index in [9.17, 15) is 14.4 Å². The maximum atomic E-state index is 12.6. The molecule has 152 valence electrons. The molecular formula is C24H20O6. The summed E-state index contributed by atoms with van der Waals surface area (Å²) < 4.78 is 16.1. The van der Waals surface area contributed by atoms with Crippen molar-refractivity contribution in [3.63, 3.8) is 0 Å². The minimum absolute atomic E-state index is 0.0349. The van der Waals surface area contributed by atoms with E-state index < -0.39 is 11.9 Å². The zero-order valence-electron chi connectivity index (χ0n) is 16.7. The van der Waals surface area contributed by atoms with Gasteiger partial charge in [-0.15, -0.1) is 0 Å². The third kappa shape index (κ3) is 4.72. The van der Waals surface area contributed by atoms with E-state index in [1.807, 2.05) is 0 Å². The van der Waals surface area contributed by atoms with Crippen LogP contribution in [0.3, 0.4) is 0 Å². The third-order valence-electron chi connectivity index (χ3n) is 4.21. The number of carbonyl (C=O) groups excluding carboxylic acids is 2. The molecule has 2 aromatic carbocycles. The van der Waals surface area contributed by atoms with Crippen LogP contribution in [0.4, 0.5) is 0 Å². The first kappa shape index (κ1) is 20.8. The molecule has 0 aliphatic rings. The lowest BCUT2D eigenvalue weighted by Crippen LogP contribution is -2.08.